The molecule has 2 rings (SSSR count). The van der Waals surface area contributed by atoms with Crippen molar-refractivity contribution in [1.29, 1.82) is 0 Å². The second-order valence-electron chi connectivity index (χ2n) is 6.55. The molecule has 2 aliphatic rings. The molecule has 1 aliphatic heterocycles. The maximum atomic E-state index is 12.6. The van der Waals surface area contributed by atoms with Crippen molar-refractivity contribution in [3.05, 3.63) is 0 Å². The Morgan fingerprint density at radius 3 is 2.45 bits per heavy atom. The Hall–Kier alpha value is -0.0300. The van der Waals surface area contributed by atoms with Gasteiger partial charge in [-0.1, -0.05) is 20.3 Å². The van der Waals surface area contributed by atoms with Crippen molar-refractivity contribution < 1.29 is 4.79 Å². The number of halogens is 2. The molecule has 22 heavy (non-hydrogen) atoms. The van der Waals surface area contributed by atoms with E-state index in [4.69, 9.17) is 5.73 Å². The van der Waals surface area contributed by atoms with Crippen molar-refractivity contribution in [2.24, 2.45) is 17.6 Å². The number of carbonyl (C=O) groups excluding carboxylic acids is 1. The van der Waals surface area contributed by atoms with Crippen molar-refractivity contribution in [2.75, 3.05) is 32.7 Å². The van der Waals surface area contributed by atoms with Crippen LogP contribution in [0, 0.1) is 11.8 Å². The third-order valence-corrected chi connectivity index (χ3v) is 5.07. The molecule has 0 radical (unpaired) electrons. The van der Waals surface area contributed by atoms with Gasteiger partial charge in [0, 0.05) is 31.6 Å². The fourth-order valence-electron chi connectivity index (χ4n) is 3.74. The van der Waals surface area contributed by atoms with Gasteiger partial charge in [-0.05, 0) is 44.7 Å². The normalized spacial score (nSPS) is 28.2. The van der Waals surface area contributed by atoms with Crippen LogP contribution in [0.3, 0.4) is 0 Å². The molecule has 0 bridgehead atoms. The van der Waals surface area contributed by atoms with E-state index in [1.807, 2.05) is 0 Å². The molecule has 0 aromatic heterocycles. The van der Waals surface area contributed by atoms with Crippen molar-refractivity contribution >= 4 is 30.7 Å². The molecule has 1 saturated carbocycles. The Labute approximate surface area is 148 Å². The van der Waals surface area contributed by atoms with Crippen LogP contribution in [0.5, 0.6) is 0 Å². The molecule has 4 nitrogen and oxygen atoms in total. The van der Waals surface area contributed by atoms with Crippen LogP contribution in [-0.4, -0.2) is 54.5 Å². The van der Waals surface area contributed by atoms with Crippen LogP contribution in [0.2, 0.25) is 0 Å². The summed E-state index contributed by atoms with van der Waals surface area (Å²) >= 11 is 0. The van der Waals surface area contributed by atoms with E-state index in [2.05, 4.69) is 23.6 Å². The SMILES string of the molecule is CCN(CC)CC1CCN(C(=O)C2CCCC(N)C2)C1.Cl.Cl. The smallest absolute Gasteiger partial charge is 0.225 e. The van der Waals surface area contributed by atoms with Crippen LogP contribution in [-0.2, 0) is 4.79 Å². The predicted molar refractivity (Wildman–Crippen MR) is 96.9 cm³/mol. The number of hydrogen-bond donors (Lipinski definition) is 1. The molecular weight excluding hydrogens is 321 g/mol. The van der Waals surface area contributed by atoms with E-state index < -0.39 is 0 Å². The molecule has 3 unspecified atom stereocenters. The lowest BCUT2D eigenvalue weighted by molar-refractivity contribution is -0.135. The Morgan fingerprint density at radius 2 is 1.86 bits per heavy atom. The number of amides is 1. The Balaban J connectivity index is 0.00000220. The third kappa shape index (κ3) is 5.88. The molecule has 6 heteroatoms. The Bertz CT molecular complexity index is 327. The van der Waals surface area contributed by atoms with Crippen LogP contribution in [0.25, 0.3) is 0 Å². The summed E-state index contributed by atoms with van der Waals surface area (Å²) in [6, 6.07) is 0.242. The average Bonchev–Trinajstić information content (AvgIpc) is 2.92. The van der Waals surface area contributed by atoms with E-state index in [1.54, 1.807) is 0 Å². The van der Waals surface area contributed by atoms with Crippen molar-refractivity contribution in [3.63, 3.8) is 0 Å². The fourth-order valence-corrected chi connectivity index (χ4v) is 3.74. The van der Waals surface area contributed by atoms with Gasteiger partial charge in [0.15, 0.2) is 0 Å². The lowest BCUT2D eigenvalue weighted by Gasteiger charge is -2.29. The topological polar surface area (TPSA) is 49.6 Å². The first-order valence-corrected chi connectivity index (χ1v) is 8.40. The van der Waals surface area contributed by atoms with E-state index in [0.717, 1.165) is 58.4 Å². The Morgan fingerprint density at radius 1 is 1.18 bits per heavy atom. The molecule has 0 aromatic rings. The first-order valence-electron chi connectivity index (χ1n) is 8.40. The average molecular weight is 354 g/mol. The van der Waals surface area contributed by atoms with Crippen molar-refractivity contribution in [3.8, 4) is 0 Å². The van der Waals surface area contributed by atoms with Gasteiger partial charge in [-0.25, -0.2) is 0 Å². The van der Waals surface area contributed by atoms with Gasteiger partial charge in [-0.2, -0.15) is 0 Å². The van der Waals surface area contributed by atoms with Gasteiger partial charge in [0.2, 0.25) is 5.91 Å². The molecule has 1 heterocycles. The molecule has 2 fully saturated rings. The first-order chi connectivity index (χ1) is 9.63. The summed E-state index contributed by atoms with van der Waals surface area (Å²) in [6.45, 7) is 9.70. The number of nitrogens with two attached hydrogens (primary N) is 1. The highest BCUT2D eigenvalue weighted by atomic mass is 35.5. The van der Waals surface area contributed by atoms with Gasteiger partial charge in [-0.15, -0.1) is 24.8 Å². The largest absolute Gasteiger partial charge is 0.342 e. The van der Waals surface area contributed by atoms with Gasteiger partial charge >= 0.3 is 0 Å². The van der Waals surface area contributed by atoms with Crippen LogP contribution < -0.4 is 5.73 Å². The summed E-state index contributed by atoms with van der Waals surface area (Å²) in [6.07, 6.45) is 5.32. The number of hydrogen-bond acceptors (Lipinski definition) is 3. The molecule has 3 atom stereocenters. The van der Waals surface area contributed by atoms with Crippen LogP contribution in [0.15, 0.2) is 0 Å². The summed E-state index contributed by atoms with van der Waals surface area (Å²) < 4.78 is 0. The van der Waals surface area contributed by atoms with Gasteiger partial charge in [0.1, 0.15) is 0 Å². The van der Waals surface area contributed by atoms with Crippen molar-refractivity contribution in [2.45, 2.75) is 52.0 Å². The molecule has 1 saturated heterocycles. The molecular formula is C16H33Cl2N3O. The zero-order valence-electron chi connectivity index (χ0n) is 14.0. The standard InChI is InChI=1S/C16H31N3O.2ClH/c1-3-18(4-2)11-13-8-9-19(12-13)16(20)14-6-5-7-15(17)10-14;;/h13-15H,3-12,17H2,1-2H3;2*1H. The lowest BCUT2D eigenvalue weighted by atomic mass is 9.85. The summed E-state index contributed by atoms with van der Waals surface area (Å²) in [5.74, 6) is 1.24. The maximum Gasteiger partial charge on any atom is 0.225 e. The number of likely N-dealkylation sites (tertiary alicyclic amines) is 1. The van der Waals surface area contributed by atoms with Crippen LogP contribution in [0.4, 0.5) is 0 Å². The van der Waals surface area contributed by atoms with E-state index >= 15 is 0 Å². The van der Waals surface area contributed by atoms with Crippen LogP contribution >= 0.6 is 24.8 Å². The molecule has 1 aliphatic carbocycles. The molecule has 1 amide bonds. The molecule has 0 spiro atoms. The minimum Gasteiger partial charge on any atom is -0.342 e. The maximum absolute atomic E-state index is 12.6. The van der Waals surface area contributed by atoms with E-state index in [1.165, 1.54) is 6.42 Å². The van der Waals surface area contributed by atoms with E-state index in [9.17, 15) is 4.79 Å². The number of rotatable bonds is 5. The zero-order valence-corrected chi connectivity index (χ0v) is 15.6. The van der Waals surface area contributed by atoms with Gasteiger partial charge in [-0.3, -0.25) is 4.79 Å². The molecule has 2 N–H and O–H groups in total. The quantitative estimate of drug-likeness (QED) is 0.825. The van der Waals surface area contributed by atoms with Gasteiger partial charge < -0.3 is 15.5 Å². The van der Waals surface area contributed by atoms with E-state index in [0.29, 0.717) is 11.8 Å². The highest BCUT2D eigenvalue weighted by Crippen LogP contribution is 2.27. The number of nitrogens with zero attached hydrogens (tertiary/aromatic N) is 2. The highest BCUT2D eigenvalue weighted by Gasteiger charge is 2.33. The summed E-state index contributed by atoms with van der Waals surface area (Å²) in [5, 5.41) is 0. The van der Waals surface area contributed by atoms with Gasteiger partial charge in [0.25, 0.3) is 0 Å². The Kier molecular flexibility index (Phi) is 10.7. The first kappa shape index (κ1) is 22.0. The fraction of sp³-hybridized carbons (Fsp3) is 0.938. The number of carbonyl (C=O) groups is 1. The lowest BCUT2D eigenvalue weighted by Crippen LogP contribution is -2.40. The van der Waals surface area contributed by atoms with Crippen LogP contribution in [0.1, 0.15) is 46.0 Å². The van der Waals surface area contributed by atoms with Gasteiger partial charge in [0.05, 0.1) is 0 Å². The summed E-state index contributed by atoms with van der Waals surface area (Å²) in [4.78, 5) is 17.1. The summed E-state index contributed by atoms with van der Waals surface area (Å²) in [7, 11) is 0. The van der Waals surface area contributed by atoms with E-state index in [-0.39, 0.29) is 36.8 Å². The summed E-state index contributed by atoms with van der Waals surface area (Å²) in [5.41, 5.74) is 6.01. The highest BCUT2D eigenvalue weighted by molar-refractivity contribution is 5.85. The monoisotopic (exact) mass is 353 g/mol. The second-order valence-corrected chi connectivity index (χ2v) is 6.55. The second kappa shape index (κ2) is 10.7. The molecule has 132 valence electrons. The third-order valence-electron chi connectivity index (χ3n) is 5.07. The minimum atomic E-state index is 0. The van der Waals surface area contributed by atoms with Crippen molar-refractivity contribution in [1.82, 2.24) is 9.80 Å². The minimum absolute atomic E-state index is 0. The molecule has 0 aromatic carbocycles. The zero-order chi connectivity index (χ0) is 14.5. The predicted octanol–water partition coefficient (Wildman–Crippen LogP) is 2.54.